The minimum Gasteiger partial charge on any atom is -0.399 e. The van der Waals surface area contributed by atoms with Gasteiger partial charge in [-0.3, -0.25) is 4.79 Å². The molecule has 0 aliphatic heterocycles. The minimum atomic E-state index is -0.127. The monoisotopic (exact) mass is 333 g/mol. The number of hydrogen-bond acceptors (Lipinski definition) is 6. The van der Waals surface area contributed by atoms with Gasteiger partial charge in [-0.05, 0) is 54.6 Å². The van der Waals surface area contributed by atoms with Gasteiger partial charge in [0.1, 0.15) is 0 Å². The summed E-state index contributed by atoms with van der Waals surface area (Å²) in [7, 11) is 1.75. The summed E-state index contributed by atoms with van der Waals surface area (Å²) in [6.45, 7) is 0. The van der Waals surface area contributed by atoms with Gasteiger partial charge in [-0.1, -0.05) is 0 Å². The zero-order valence-corrected chi connectivity index (χ0v) is 13.8. The van der Waals surface area contributed by atoms with Crippen LogP contribution in [0.25, 0.3) is 0 Å². The fourth-order valence-electron chi connectivity index (χ4n) is 2.37. The molecule has 25 heavy (non-hydrogen) atoms. The molecule has 0 saturated heterocycles. The van der Waals surface area contributed by atoms with Crippen molar-refractivity contribution in [1.82, 2.24) is 5.32 Å². The van der Waals surface area contributed by atoms with Crippen molar-refractivity contribution < 1.29 is 4.79 Å². The Morgan fingerprint density at radius 3 is 2.04 bits per heavy atom. The lowest BCUT2D eigenvalue weighted by Crippen LogP contribution is -2.24. The van der Waals surface area contributed by atoms with Crippen LogP contribution in [-0.4, -0.2) is 18.5 Å². The molecular formula is C19H19N5O. The molecule has 126 valence electrons. The van der Waals surface area contributed by atoms with Gasteiger partial charge in [-0.15, -0.1) is 0 Å². The standard InChI is InChI=1S/C19H19N5O/c1-22-16-11-19(25)18(24-15-8-4-13(21)5-9-15)10-17(16)23-14-6-2-12(20)3-7-14/h2-11,22,24H,20-21H2,1H3. The Balaban J connectivity index is 1.92. The van der Waals surface area contributed by atoms with E-state index in [0.717, 1.165) is 11.4 Å². The van der Waals surface area contributed by atoms with E-state index >= 15 is 0 Å². The zero-order chi connectivity index (χ0) is 17.8. The minimum absolute atomic E-state index is 0.127. The number of hydrogen-bond donors (Lipinski definition) is 4. The summed E-state index contributed by atoms with van der Waals surface area (Å²) in [4.78, 5) is 16.9. The van der Waals surface area contributed by atoms with Gasteiger partial charge >= 0.3 is 0 Å². The van der Waals surface area contributed by atoms with Crippen LogP contribution in [0.4, 0.5) is 22.7 Å². The summed E-state index contributed by atoms with van der Waals surface area (Å²) in [6, 6.07) is 14.4. The topological polar surface area (TPSA) is 106 Å². The highest BCUT2D eigenvalue weighted by Gasteiger charge is 2.18. The summed E-state index contributed by atoms with van der Waals surface area (Å²) in [5.74, 6) is -0.127. The molecule has 6 nitrogen and oxygen atoms in total. The van der Waals surface area contributed by atoms with Crippen molar-refractivity contribution in [1.29, 1.82) is 0 Å². The molecule has 2 aromatic rings. The van der Waals surface area contributed by atoms with E-state index in [2.05, 4.69) is 15.6 Å². The molecule has 6 N–H and O–H groups in total. The highest BCUT2D eigenvalue weighted by molar-refractivity contribution is 6.23. The molecule has 0 saturated carbocycles. The van der Waals surface area contributed by atoms with E-state index in [-0.39, 0.29) is 5.78 Å². The number of carbonyl (C=O) groups is 1. The number of nitrogens with zero attached hydrogens (tertiary/aromatic N) is 1. The average Bonchev–Trinajstić information content (AvgIpc) is 2.61. The van der Waals surface area contributed by atoms with Crippen LogP contribution in [0.2, 0.25) is 0 Å². The van der Waals surface area contributed by atoms with Crippen molar-refractivity contribution >= 4 is 34.2 Å². The fourth-order valence-corrected chi connectivity index (χ4v) is 2.37. The number of allylic oxidation sites excluding steroid dienone is 2. The Bertz CT molecular complexity index is 877. The number of ketones is 1. The van der Waals surface area contributed by atoms with Gasteiger partial charge in [0.25, 0.3) is 0 Å². The van der Waals surface area contributed by atoms with Crippen molar-refractivity contribution in [3.63, 3.8) is 0 Å². The van der Waals surface area contributed by atoms with Crippen molar-refractivity contribution in [2.75, 3.05) is 23.8 Å². The van der Waals surface area contributed by atoms with Gasteiger partial charge in [0.05, 0.1) is 22.8 Å². The Hall–Kier alpha value is -3.54. The normalized spacial score (nSPS) is 15.6. The smallest absolute Gasteiger partial charge is 0.204 e. The summed E-state index contributed by atoms with van der Waals surface area (Å²) in [5.41, 5.74) is 16.0. The van der Waals surface area contributed by atoms with Gasteiger partial charge in [-0.25, -0.2) is 4.99 Å². The third-order valence-electron chi connectivity index (χ3n) is 3.70. The van der Waals surface area contributed by atoms with Gasteiger partial charge in [0, 0.05) is 30.2 Å². The Labute approximate surface area is 145 Å². The maximum atomic E-state index is 12.3. The second-order valence-corrected chi connectivity index (χ2v) is 5.57. The molecule has 0 aromatic heterocycles. The summed E-state index contributed by atoms with van der Waals surface area (Å²) < 4.78 is 0. The molecular weight excluding hydrogens is 314 g/mol. The molecule has 2 aromatic carbocycles. The van der Waals surface area contributed by atoms with Crippen molar-refractivity contribution in [3.8, 4) is 0 Å². The Kier molecular flexibility index (Phi) is 4.52. The summed E-state index contributed by atoms with van der Waals surface area (Å²) in [6.07, 6.45) is 3.25. The molecule has 1 aliphatic rings. The molecule has 0 spiro atoms. The largest absolute Gasteiger partial charge is 0.399 e. The highest BCUT2D eigenvalue weighted by atomic mass is 16.1. The van der Waals surface area contributed by atoms with Crippen molar-refractivity contribution in [2.45, 2.75) is 0 Å². The molecule has 1 aliphatic carbocycles. The Morgan fingerprint density at radius 2 is 1.44 bits per heavy atom. The van der Waals surface area contributed by atoms with E-state index in [9.17, 15) is 4.79 Å². The second-order valence-electron chi connectivity index (χ2n) is 5.57. The van der Waals surface area contributed by atoms with E-state index in [4.69, 9.17) is 11.5 Å². The molecule has 3 rings (SSSR count). The first-order chi connectivity index (χ1) is 12.0. The fraction of sp³-hybridized carbons (Fsp3) is 0.0526. The lowest BCUT2D eigenvalue weighted by Gasteiger charge is -2.16. The number of nitrogens with one attached hydrogen (secondary N) is 2. The Morgan fingerprint density at radius 1 is 0.840 bits per heavy atom. The zero-order valence-electron chi connectivity index (χ0n) is 13.8. The third-order valence-corrected chi connectivity index (χ3v) is 3.70. The lowest BCUT2D eigenvalue weighted by molar-refractivity contribution is -0.111. The van der Waals surface area contributed by atoms with Gasteiger partial charge in [-0.2, -0.15) is 0 Å². The molecule has 0 radical (unpaired) electrons. The first-order valence-electron chi connectivity index (χ1n) is 7.78. The number of anilines is 3. The van der Waals surface area contributed by atoms with E-state index in [1.165, 1.54) is 6.08 Å². The number of nitrogens with two attached hydrogens (primary N) is 2. The number of aliphatic imine (C=N–C) groups is 1. The molecule has 0 atom stereocenters. The third kappa shape index (κ3) is 3.87. The summed E-state index contributed by atoms with van der Waals surface area (Å²) in [5, 5.41) is 6.11. The maximum absolute atomic E-state index is 12.3. The van der Waals surface area contributed by atoms with Gasteiger partial charge < -0.3 is 22.1 Å². The molecule has 0 bridgehead atoms. The van der Waals surface area contributed by atoms with Gasteiger partial charge in [0.2, 0.25) is 5.78 Å². The summed E-state index contributed by atoms with van der Waals surface area (Å²) >= 11 is 0. The molecule has 0 fully saturated rings. The van der Waals surface area contributed by atoms with Crippen LogP contribution in [0.15, 0.2) is 77.1 Å². The number of benzene rings is 2. The first kappa shape index (κ1) is 16.3. The van der Waals surface area contributed by atoms with Crippen LogP contribution >= 0.6 is 0 Å². The number of rotatable bonds is 4. The van der Waals surface area contributed by atoms with Crippen LogP contribution in [0.3, 0.4) is 0 Å². The molecule has 6 heteroatoms. The van der Waals surface area contributed by atoms with Crippen LogP contribution < -0.4 is 22.1 Å². The predicted molar refractivity (Wildman–Crippen MR) is 103 cm³/mol. The first-order valence-corrected chi connectivity index (χ1v) is 7.78. The van der Waals surface area contributed by atoms with E-state index < -0.39 is 0 Å². The number of nitrogen functional groups attached to an aromatic ring is 2. The maximum Gasteiger partial charge on any atom is 0.204 e. The van der Waals surface area contributed by atoms with Crippen LogP contribution in [0.5, 0.6) is 0 Å². The van der Waals surface area contributed by atoms with E-state index in [1.807, 2.05) is 24.3 Å². The van der Waals surface area contributed by atoms with Crippen LogP contribution in [0, 0.1) is 0 Å². The number of carbonyl (C=O) groups excluding carboxylic acids is 1. The molecule has 0 amide bonds. The van der Waals surface area contributed by atoms with E-state index in [0.29, 0.717) is 28.5 Å². The molecule has 0 unspecified atom stereocenters. The van der Waals surface area contributed by atoms with Gasteiger partial charge in [0.15, 0.2) is 0 Å². The average molecular weight is 333 g/mol. The van der Waals surface area contributed by atoms with Crippen molar-refractivity contribution in [3.05, 3.63) is 72.1 Å². The SMILES string of the molecule is CNC1=CC(=O)C(Nc2ccc(N)cc2)=CC1=Nc1ccc(N)cc1. The van der Waals surface area contributed by atoms with Crippen LogP contribution in [-0.2, 0) is 4.79 Å². The quantitative estimate of drug-likeness (QED) is 0.508. The highest BCUT2D eigenvalue weighted by Crippen LogP contribution is 2.20. The second kappa shape index (κ2) is 6.92. The van der Waals surface area contributed by atoms with Crippen LogP contribution in [0.1, 0.15) is 0 Å². The van der Waals surface area contributed by atoms with Crippen molar-refractivity contribution in [2.24, 2.45) is 4.99 Å². The lowest BCUT2D eigenvalue weighted by atomic mass is 10.0. The molecule has 0 heterocycles. The predicted octanol–water partition coefficient (Wildman–Crippen LogP) is 2.61. The van der Waals surface area contributed by atoms with E-state index in [1.54, 1.807) is 37.4 Å².